The van der Waals surface area contributed by atoms with Gasteiger partial charge in [0.1, 0.15) is 5.76 Å². The van der Waals surface area contributed by atoms with Gasteiger partial charge in [-0.3, -0.25) is 4.90 Å². The van der Waals surface area contributed by atoms with Gasteiger partial charge in [-0.2, -0.15) is 0 Å². The molecule has 0 aliphatic carbocycles. The smallest absolute Gasteiger partial charge is 0.120 e. The van der Waals surface area contributed by atoms with E-state index in [1.807, 2.05) is 6.07 Å². The standard InChI is InChI=1S/C12H20N2O/c1-9-4-6-15-12(9)8-14-5-3-11(7-14)10(2)13/h4,6,10-11H,3,5,7-8,13H2,1-2H3. The van der Waals surface area contributed by atoms with Crippen molar-refractivity contribution in [1.29, 1.82) is 0 Å². The minimum Gasteiger partial charge on any atom is -0.468 e. The van der Waals surface area contributed by atoms with Gasteiger partial charge >= 0.3 is 0 Å². The fraction of sp³-hybridized carbons (Fsp3) is 0.667. The molecule has 1 saturated heterocycles. The number of hydrogen-bond acceptors (Lipinski definition) is 3. The van der Waals surface area contributed by atoms with Crippen molar-refractivity contribution in [3.8, 4) is 0 Å². The van der Waals surface area contributed by atoms with Crippen molar-refractivity contribution in [3.63, 3.8) is 0 Å². The van der Waals surface area contributed by atoms with Crippen molar-refractivity contribution in [3.05, 3.63) is 23.7 Å². The molecule has 3 nitrogen and oxygen atoms in total. The Morgan fingerprint density at radius 2 is 2.47 bits per heavy atom. The SMILES string of the molecule is Cc1ccoc1CN1CCC(C(C)N)C1. The number of furan rings is 1. The average Bonchev–Trinajstić information content (AvgIpc) is 2.77. The van der Waals surface area contributed by atoms with E-state index in [1.54, 1.807) is 6.26 Å². The lowest BCUT2D eigenvalue weighted by Gasteiger charge is -2.16. The van der Waals surface area contributed by atoms with Gasteiger partial charge in [-0.25, -0.2) is 0 Å². The highest BCUT2D eigenvalue weighted by molar-refractivity contribution is 5.14. The Hall–Kier alpha value is -0.800. The predicted molar refractivity (Wildman–Crippen MR) is 60.5 cm³/mol. The molecule has 1 aliphatic heterocycles. The normalized spacial score (nSPS) is 24.6. The highest BCUT2D eigenvalue weighted by atomic mass is 16.3. The minimum absolute atomic E-state index is 0.313. The van der Waals surface area contributed by atoms with Crippen LogP contribution >= 0.6 is 0 Å². The van der Waals surface area contributed by atoms with Crippen LogP contribution in [0.4, 0.5) is 0 Å². The van der Waals surface area contributed by atoms with Gasteiger partial charge in [-0.15, -0.1) is 0 Å². The zero-order chi connectivity index (χ0) is 10.8. The first-order chi connectivity index (χ1) is 7.16. The number of rotatable bonds is 3. The molecule has 15 heavy (non-hydrogen) atoms. The first-order valence-electron chi connectivity index (χ1n) is 5.67. The molecule has 1 fully saturated rings. The van der Waals surface area contributed by atoms with Crippen molar-refractivity contribution in [2.24, 2.45) is 11.7 Å². The summed E-state index contributed by atoms with van der Waals surface area (Å²) in [7, 11) is 0. The van der Waals surface area contributed by atoms with Crippen LogP contribution in [0.5, 0.6) is 0 Å². The van der Waals surface area contributed by atoms with Crippen molar-refractivity contribution >= 4 is 0 Å². The van der Waals surface area contributed by atoms with Crippen LogP contribution in [-0.4, -0.2) is 24.0 Å². The largest absolute Gasteiger partial charge is 0.468 e. The first kappa shape index (κ1) is 10.7. The molecule has 1 aliphatic rings. The molecule has 1 aromatic heterocycles. The van der Waals surface area contributed by atoms with Crippen LogP contribution in [-0.2, 0) is 6.54 Å². The Morgan fingerprint density at radius 3 is 3.00 bits per heavy atom. The van der Waals surface area contributed by atoms with Crippen LogP contribution in [0.2, 0.25) is 0 Å². The van der Waals surface area contributed by atoms with Crippen LogP contribution in [0.25, 0.3) is 0 Å². The van der Waals surface area contributed by atoms with Gasteiger partial charge in [0.2, 0.25) is 0 Å². The third-order valence-corrected chi connectivity index (χ3v) is 3.39. The topological polar surface area (TPSA) is 42.4 Å². The lowest BCUT2D eigenvalue weighted by atomic mass is 10.0. The molecule has 2 unspecified atom stereocenters. The van der Waals surface area contributed by atoms with Gasteiger partial charge < -0.3 is 10.2 Å². The highest BCUT2D eigenvalue weighted by Gasteiger charge is 2.25. The molecule has 0 radical (unpaired) electrons. The Kier molecular flexibility index (Phi) is 3.12. The summed E-state index contributed by atoms with van der Waals surface area (Å²) in [6.45, 7) is 7.39. The second kappa shape index (κ2) is 4.37. The highest BCUT2D eigenvalue weighted by Crippen LogP contribution is 2.21. The summed E-state index contributed by atoms with van der Waals surface area (Å²) < 4.78 is 5.45. The van der Waals surface area contributed by atoms with E-state index >= 15 is 0 Å². The second-order valence-electron chi connectivity index (χ2n) is 4.67. The first-order valence-corrected chi connectivity index (χ1v) is 5.67. The number of aryl methyl sites for hydroxylation is 1. The monoisotopic (exact) mass is 208 g/mol. The lowest BCUT2D eigenvalue weighted by Crippen LogP contribution is -2.29. The summed E-state index contributed by atoms with van der Waals surface area (Å²) in [6.07, 6.45) is 2.99. The number of nitrogens with zero attached hydrogens (tertiary/aromatic N) is 1. The van der Waals surface area contributed by atoms with E-state index in [0.29, 0.717) is 12.0 Å². The molecule has 0 aromatic carbocycles. The van der Waals surface area contributed by atoms with Gasteiger partial charge in [0.25, 0.3) is 0 Å². The summed E-state index contributed by atoms with van der Waals surface area (Å²) in [5.74, 6) is 1.75. The van der Waals surface area contributed by atoms with Crippen LogP contribution < -0.4 is 5.73 Å². The molecule has 2 atom stereocenters. The second-order valence-corrected chi connectivity index (χ2v) is 4.67. The Labute approximate surface area is 91.2 Å². The van der Waals surface area contributed by atoms with E-state index in [0.717, 1.165) is 25.4 Å². The molecular weight excluding hydrogens is 188 g/mol. The number of nitrogens with two attached hydrogens (primary N) is 1. The van der Waals surface area contributed by atoms with E-state index in [-0.39, 0.29) is 0 Å². The van der Waals surface area contributed by atoms with E-state index in [4.69, 9.17) is 10.2 Å². The molecule has 0 bridgehead atoms. The summed E-state index contributed by atoms with van der Waals surface area (Å²) in [5.41, 5.74) is 7.16. The van der Waals surface area contributed by atoms with E-state index < -0.39 is 0 Å². The van der Waals surface area contributed by atoms with E-state index in [1.165, 1.54) is 12.0 Å². The maximum Gasteiger partial charge on any atom is 0.120 e. The zero-order valence-corrected chi connectivity index (χ0v) is 9.57. The molecule has 2 heterocycles. The average molecular weight is 208 g/mol. The van der Waals surface area contributed by atoms with Gasteiger partial charge in [-0.05, 0) is 44.4 Å². The molecule has 84 valence electrons. The van der Waals surface area contributed by atoms with Crippen LogP contribution in [0.15, 0.2) is 16.7 Å². The third kappa shape index (κ3) is 2.41. The molecule has 0 amide bonds. The maximum atomic E-state index is 5.91. The molecule has 0 saturated carbocycles. The lowest BCUT2D eigenvalue weighted by molar-refractivity contribution is 0.280. The Morgan fingerprint density at radius 1 is 1.67 bits per heavy atom. The Bertz CT molecular complexity index is 319. The summed E-state index contributed by atoms with van der Waals surface area (Å²) >= 11 is 0. The summed E-state index contributed by atoms with van der Waals surface area (Å²) in [4.78, 5) is 2.43. The van der Waals surface area contributed by atoms with Crippen molar-refractivity contribution in [1.82, 2.24) is 4.90 Å². The zero-order valence-electron chi connectivity index (χ0n) is 9.57. The van der Waals surface area contributed by atoms with Crippen LogP contribution in [0.1, 0.15) is 24.7 Å². The van der Waals surface area contributed by atoms with Crippen LogP contribution in [0.3, 0.4) is 0 Å². The van der Waals surface area contributed by atoms with Gasteiger partial charge in [0, 0.05) is 12.6 Å². The predicted octanol–water partition coefficient (Wildman–Crippen LogP) is 1.76. The third-order valence-electron chi connectivity index (χ3n) is 3.39. The molecular formula is C12H20N2O. The number of likely N-dealkylation sites (tertiary alicyclic amines) is 1. The fourth-order valence-electron chi connectivity index (χ4n) is 2.20. The minimum atomic E-state index is 0.313. The summed E-state index contributed by atoms with van der Waals surface area (Å²) in [6, 6.07) is 2.33. The van der Waals surface area contributed by atoms with Crippen LogP contribution in [0, 0.1) is 12.8 Å². The van der Waals surface area contributed by atoms with E-state index in [2.05, 4.69) is 18.7 Å². The number of hydrogen-bond donors (Lipinski definition) is 1. The molecule has 0 spiro atoms. The van der Waals surface area contributed by atoms with Gasteiger partial charge in [-0.1, -0.05) is 0 Å². The van der Waals surface area contributed by atoms with Gasteiger partial charge in [0.05, 0.1) is 12.8 Å². The van der Waals surface area contributed by atoms with Crippen molar-refractivity contribution < 1.29 is 4.42 Å². The van der Waals surface area contributed by atoms with Gasteiger partial charge in [0.15, 0.2) is 0 Å². The maximum absolute atomic E-state index is 5.91. The molecule has 3 heteroatoms. The molecule has 2 rings (SSSR count). The quantitative estimate of drug-likeness (QED) is 0.823. The molecule has 2 N–H and O–H groups in total. The molecule has 1 aromatic rings. The van der Waals surface area contributed by atoms with E-state index in [9.17, 15) is 0 Å². The fourth-order valence-corrected chi connectivity index (χ4v) is 2.20. The summed E-state index contributed by atoms with van der Waals surface area (Å²) in [5, 5.41) is 0. The Balaban J connectivity index is 1.90. The van der Waals surface area contributed by atoms with Crippen molar-refractivity contribution in [2.45, 2.75) is 32.9 Å². The van der Waals surface area contributed by atoms with Crippen molar-refractivity contribution in [2.75, 3.05) is 13.1 Å².